The van der Waals surface area contributed by atoms with E-state index < -0.39 is 0 Å². The molecule has 0 aliphatic carbocycles. The SMILES string of the molecule is CC1CN(c2ccc(Cl)c(Cl)c2)N=C1NC(=O)CCCNC(=O)COCCN1CCC(CN2CCNCC2)CC1. The minimum Gasteiger partial charge on any atom is -0.370 e. The maximum Gasteiger partial charge on any atom is 0.245 e. The number of piperidine rings is 1. The predicted molar refractivity (Wildman–Crippen MR) is 160 cm³/mol. The number of anilines is 1. The van der Waals surface area contributed by atoms with Crippen molar-refractivity contribution in [2.45, 2.75) is 32.6 Å². The molecule has 10 nitrogen and oxygen atoms in total. The molecular weight excluding hydrogens is 553 g/mol. The smallest absolute Gasteiger partial charge is 0.245 e. The van der Waals surface area contributed by atoms with Gasteiger partial charge in [-0.25, -0.2) is 0 Å². The fourth-order valence-electron chi connectivity index (χ4n) is 5.32. The third kappa shape index (κ3) is 9.85. The van der Waals surface area contributed by atoms with Crippen molar-refractivity contribution in [3.63, 3.8) is 0 Å². The largest absolute Gasteiger partial charge is 0.370 e. The summed E-state index contributed by atoms with van der Waals surface area (Å²) in [7, 11) is 0. The minimum absolute atomic E-state index is 0.0462. The summed E-state index contributed by atoms with van der Waals surface area (Å²) in [6, 6.07) is 5.34. The van der Waals surface area contributed by atoms with Crippen LogP contribution in [0.25, 0.3) is 0 Å². The number of amidine groups is 1. The molecule has 0 aromatic heterocycles. The van der Waals surface area contributed by atoms with Gasteiger partial charge < -0.3 is 30.5 Å². The monoisotopic (exact) mass is 595 g/mol. The van der Waals surface area contributed by atoms with Gasteiger partial charge in [-0.1, -0.05) is 30.1 Å². The summed E-state index contributed by atoms with van der Waals surface area (Å²) in [6.07, 6.45) is 3.31. The first-order valence-electron chi connectivity index (χ1n) is 14.5. The quantitative estimate of drug-likeness (QED) is 0.319. The molecule has 1 aromatic carbocycles. The molecule has 1 aromatic rings. The van der Waals surface area contributed by atoms with Crippen LogP contribution in [-0.4, -0.2) is 106 Å². The van der Waals surface area contributed by atoms with Crippen molar-refractivity contribution in [3.05, 3.63) is 28.2 Å². The topological polar surface area (TPSA) is 102 Å². The van der Waals surface area contributed by atoms with Crippen molar-refractivity contribution in [2.75, 3.05) is 83.7 Å². The van der Waals surface area contributed by atoms with Crippen molar-refractivity contribution in [3.8, 4) is 0 Å². The fraction of sp³-hybridized carbons (Fsp3) is 0.679. The highest BCUT2D eigenvalue weighted by molar-refractivity contribution is 6.42. The number of halogens is 2. The van der Waals surface area contributed by atoms with Crippen LogP contribution in [0.2, 0.25) is 10.0 Å². The van der Waals surface area contributed by atoms with Gasteiger partial charge in [-0.05, 0) is 56.5 Å². The second kappa shape index (κ2) is 15.9. The van der Waals surface area contributed by atoms with Gasteiger partial charge in [0, 0.05) is 58.2 Å². The summed E-state index contributed by atoms with van der Waals surface area (Å²) in [5.74, 6) is 1.21. The number of piperazine rings is 1. The van der Waals surface area contributed by atoms with E-state index in [2.05, 4.69) is 30.9 Å². The zero-order valence-electron chi connectivity index (χ0n) is 23.5. The third-order valence-electron chi connectivity index (χ3n) is 7.73. The van der Waals surface area contributed by atoms with Gasteiger partial charge >= 0.3 is 0 Å². The maximum atomic E-state index is 12.4. The Bertz CT molecular complexity index is 1010. The number of rotatable bonds is 12. The molecule has 4 rings (SSSR count). The molecule has 1 atom stereocenters. The number of nitrogens with one attached hydrogen (secondary N) is 3. The molecule has 3 aliphatic rings. The zero-order valence-corrected chi connectivity index (χ0v) is 25.0. The van der Waals surface area contributed by atoms with Crippen LogP contribution in [0.3, 0.4) is 0 Å². The van der Waals surface area contributed by atoms with Gasteiger partial charge in [-0.15, -0.1) is 0 Å². The normalized spacial score (nSPS) is 20.9. The molecule has 40 heavy (non-hydrogen) atoms. The van der Waals surface area contributed by atoms with Crippen LogP contribution in [0.1, 0.15) is 32.6 Å². The molecule has 12 heteroatoms. The molecule has 3 N–H and O–H groups in total. The van der Waals surface area contributed by atoms with E-state index in [9.17, 15) is 9.59 Å². The van der Waals surface area contributed by atoms with Crippen molar-refractivity contribution >= 4 is 46.5 Å². The van der Waals surface area contributed by atoms with Crippen molar-refractivity contribution < 1.29 is 14.3 Å². The van der Waals surface area contributed by atoms with Gasteiger partial charge in [0.25, 0.3) is 0 Å². The molecule has 0 saturated carbocycles. The van der Waals surface area contributed by atoms with Crippen LogP contribution in [0.15, 0.2) is 23.3 Å². The highest BCUT2D eigenvalue weighted by Crippen LogP contribution is 2.29. The number of hydrogen-bond acceptors (Lipinski definition) is 8. The Morgan fingerprint density at radius 1 is 1.07 bits per heavy atom. The molecule has 2 amide bonds. The molecule has 3 aliphatic heterocycles. The predicted octanol–water partition coefficient (Wildman–Crippen LogP) is 2.41. The summed E-state index contributed by atoms with van der Waals surface area (Å²) in [4.78, 5) is 29.5. The lowest BCUT2D eigenvalue weighted by Crippen LogP contribution is -2.47. The van der Waals surface area contributed by atoms with Crippen LogP contribution in [0.4, 0.5) is 5.69 Å². The number of hydrogen-bond donors (Lipinski definition) is 3. The van der Waals surface area contributed by atoms with Gasteiger partial charge in [0.2, 0.25) is 11.8 Å². The average molecular weight is 597 g/mol. The Morgan fingerprint density at radius 2 is 1.85 bits per heavy atom. The Balaban J connectivity index is 1.02. The third-order valence-corrected chi connectivity index (χ3v) is 8.47. The lowest BCUT2D eigenvalue weighted by molar-refractivity contribution is -0.126. The van der Waals surface area contributed by atoms with E-state index in [0.717, 1.165) is 44.3 Å². The number of carbonyl (C=O) groups is 2. The first-order valence-corrected chi connectivity index (χ1v) is 15.2. The molecule has 2 fully saturated rings. The molecule has 0 bridgehead atoms. The molecule has 1 unspecified atom stereocenters. The van der Waals surface area contributed by atoms with Gasteiger partial charge in [-0.3, -0.25) is 14.6 Å². The minimum atomic E-state index is -0.152. The number of carbonyl (C=O) groups excluding carboxylic acids is 2. The highest BCUT2D eigenvalue weighted by Gasteiger charge is 2.26. The second-order valence-electron chi connectivity index (χ2n) is 11.0. The Hall–Kier alpha value is -1.95. The van der Waals surface area contributed by atoms with Gasteiger partial charge in [0.1, 0.15) is 12.4 Å². The number of nitrogens with zero attached hydrogens (tertiary/aromatic N) is 4. The Kier molecular flexibility index (Phi) is 12.3. The van der Waals surface area contributed by atoms with Crippen LogP contribution >= 0.6 is 23.2 Å². The summed E-state index contributed by atoms with van der Waals surface area (Å²) < 4.78 is 5.60. The number of amides is 2. The Labute approximate surface area is 247 Å². The van der Waals surface area contributed by atoms with Crippen molar-refractivity contribution in [1.82, 2.24) is 25.8 Å². The van der Waals surface area contributed by atoms with E-state index >= 15 is 0 Å². The van der Waals surface area contributed by atoms with Crippen LogP contribution in [0.5, 0.6) is 0 Å². The second-order valence-corrected chi connectivity index (χ2v) is 11.8. The lowest BCUT2D eigenvalue weighted by Gasteiger charge is -2.36. The van der Waals surface area contributed by atoms with Crippen LogP contribution < -0.4 is 21.0 Å². The number of likely N-dealkylation sites (tertiary alicyclic amines) is 1. The molecule has 0 spiro atoms. The summed E-state index contributed by atoms with van der Waals surface area (Å²) in [5, 5.41) is 16.4. The molecule has 0 radical (unpaired) electrons. The fourth-order valence-corrected chi connectivity index (χ4v) is 5.61. The van der Waals surface area contributed by atoms with Crippen LogP contribution in [-0.2, 0) is 14.3 Å². The van der Waals surface area contributed by atoms with Gasteiger partial charge in [0.15, 0.2) is 0 Å². The van der Waals surface area contributed by atoms with Gasteiger partial charge in [-0.2, -0.15) is 5.10 Å². The van der Waals surface area contributed by atoms with Crippen molar-refractivity contribution in [2.24, 2.45) is 16.9 Å². The van der Waals surface area contributed by atoms with E-state index in [-0.39, 0.29) is 24.3 Å². The Morgan fingerprint density at radius 3 is 2.60 bits per heavy atom. The highest BCUT2D eigenvalue weighted by atomic mass is 35.5. The maximum absolute atomic E-state index is 12.4. The molecule has 222 valence electrons. The van der Waals surface area contributed by atoms with Crippen molar-refractivity contribution in [1.29, 1.82) is 0 Å². The number of ether oxygens (including phenoxy) is 1. The first-order chi connectivity index (χ1) is 19.4. The van der Waals surface area contributed by atoms with E-state index in [4.69, 9.17) is 27.9 Å². The number of benzene rings is 1. The summed E-state index contributed by atoms with van der Waals surface area (Å²) >= 11 is 12.1. The van der Waals surface area contributed by atoms with E-state index in [1.165, 1.54) is 32.5 Å². The molecule has 2 saturated heterocycles. The van der Waals surface area contributed by atoms with E-state index in [0.29, 0.717) is 48.4 Å². The lowest BCUT2D eigenvalue weighted by atomic mass is 9.96. The first kappa shape index (κ1) is 31.0. The molecule has 3 heterocycles. The summed E-state index contributed by atoms with van der Waals surface area (Å²) in [5.41, 5.74) is 0.821. The average Bonchev–Trinajstić information content (AvgIpc) is 3.31. The summed E-state index contributed by atoms with van der Waals surface area (Å²) in [6.45, 7) is 12.5. The number of hydrazone groups is 1. The van der Waals surface area contributed by atoms with E-state index in [1.54, 1.807) is 17.1 Å². The molecular formula is C28H43Cl2N7O3. The zero-order chi connectivity index (χ0) is 28.3. The van der Waals surface area contributed by atoms with Crippen LogP contribution in [0, 0.1) is 11.8 Å². The van der Waals surface area contributed by atoms with Gasteiger partial charge in [0.05, 0.1) is 28.9 Å². The van der Waals surface area contributed by atoms with E-state index in [1.807, 2.05) is 13.0 Å². The standard InChI is InChI=1S/C28H43Cl2N7O3/c1-21-18-37(23-4-5-24(29)25(30)17-23)34-28(21)33-26(38)3-2-8-32-27(39)20-40-16-15-35-11-6-22(7-12-35)19-36-13-9-31-10-14-36/h4-5,17,21-22,31H,2-3,6-16,18-20H2,1H3,(H,32,39)(H,33,34,38).